The van der Waals surface area contributed by atoms with Crippen LogP contribution in [0.15, 0.2) is 24.3 Å². The lowest BCUT2D eigenvalue weighted by molar-refractivity contribution is -0.0111. The quantitative estimate of drug-likeness (QED) is 0.854. The van der Waals surface area contributed by atoms with Gasteiger partial charge in [0, 0.05) is 12.2 Å². The van der Waals surface area contributed by atoms with Crippen LogP contribution in [0.2, 0.25) is 0 Å². The zero-order valence-electron chi connectivity index (χ0n) is 12.2. The number of nitrogens with one attached hydrogen (secondary N) is 1. The maximum atomic E-state index is 5.99. The third-order valence-corrected chi connectivity index (χ3v) is 3.84. The number of benzene rings is 1. The number of hydrogen-bond acceptors (Lipinski definition) is 3. The van der Waals surface area contributed by atoms with E-state index < -0.39 is 0 Å². The average molecular weight is 263 g/mol. The van der Waals surface area contributed by atoms with Crippen LogP contribution >= 0.6 is 0 Å². The van der Waals surface area contributed by atoms with Crippen molar-refractivity contribution in [2.24, 2.45) is 0 Å². The molecule has 1 aliphatic heterocycles. The lowest BCUT2D eigenvalue weighted by atomic mass is 9.87. The van der Waals surface area contributed by atoms with E-state index in [1.807, 2.05) is 19.2 Å². The Morgan fingerprint density at radius 3 is 2.84 bits per heavy atom. The van der Waals surface area contributed by atoms with Gasteiger partial charge in [0.15, 0.2) is 0 Å². The highest BCUT2D eigenvalue weighted by atomic mass is 16.5. The molecule has 1 aromatic carbocycles. The molecule has 1 aliphatic rings. The van der Waals surface area contributed by atoms with Crippen molar-refractivity contribution in [1.29, 1.82) is 0 Å². The Kier molecular flexibility index (Phi) is 4.83. The third kappa shape index (κ3) is 3.10. The molecule has 0 saturated carbocycles. The Hall–Kier alpha value is -1.06. The number of likely N-dealkylation sites (N-methyl/N-ethyl adjacent to an activating group) is 1. The highest BCUT2D eigenvalue weighted by molar-refractivity contribution is 5.37. The van der Waals surface area contributed by atoms with E-state index in [2.05, 4.69) is 31.3 Å². The maximum Gasteiger partial charge on any atom is 0.124 e. The molecule has 0 aromatic heterocycles. The summed E-state index contributed by atoms with van der Waals surface area (Å²) in [5.41, 5.74) is 1.06. The molecule has 1 N–H and O–H groups in total. The summed E-state index contributed by atoms with van der Waals surface area (Å²) < 4.78 is 11.9. The summed E-state index contributed by atoms with van der Waals surface area (Å²) in [6, 6.07) is 8.45. The second kappa shape index (κ2) is 6.40. The molecule has 1 saturated heterocycles. The van der Waals surface area contributed by atoms with Crippen LogP contribution in [0, 0.1) is 0 Å². The first-order valence-electron chi connectivity index (χ1n) is 7.24. The maximum absolute atomic E-state index is 5.99. The van der Waals surface area contributed by atoms with E-state index in [1.165, 1.54) is 5.56 Å². The molecule has 0 spiro atoms. The van der Waals surface area contributed by atoms with Crippen molar-refractivity contribution in [2.45, 2.75) is 44.8 Å². The first-order valence-corrected chi connectivity index (χ1v) is 7.24. The lowest BCUT2D eigenvalue weighted by Crippen LogP contribution is -2.39. The Balaban J connectivity index is 2.27. The Bertz CT molecular complexity index is 399. The molecular weight excluding hydrogens is 238 g/mol. The van der Waals surface area contributed by atoms with E-state index in [0.29, 0.717) is 0 Å². The summed E-state index contributed by atoms with van der Waals surface area (Å²) in [6.45, 7) is 5.93. The molecule has 0 bridgehead atoms. The second-order valence-electron chi connectivity index (χ2n) is 5.37. The minimum Gasteiger partial charge on any atom is -0.493 e. The largest absolute Gasteiger partial charge is 0.493 e. The van der Waals surface area contributed by atoms with Gasteiger partial charge in [0.2, 0.25) is 0 Å². The Labute approximate surface area is 116 Å². The fourth-order valence-electron chi connectivity index (χ4n) is 2.88. The summed E-state index contributed by atoms with van der Waals surface area (Å²) in [4.78, 5) is 0. The van der Waals surface area contributed by atoms with Gasteiger partial charge in [-0.05, 0) is 39.3 Å². The number of hydrogen-bond donors (Lipinski definition) is 1. The third-order valence-electron chi connectivity index (χ3n) is 3.84. The molecule has 0 aliphatic carbocycles. The number of rotatable bonds is 6. The molecule has 2 unspecified atom stereocenters. The minimum atomic E-state index is -0.138. The monoisotopic (exact) mass is 263 g/mol. The normalized spacial score (nSPS) is 24.4. The van der Waals surface area contributed by atoms with Crippen molar-refractivity contribution < 1.29 is 9.47 Å². The average Bonchev–Trinajstić information content (AvgIpc) is 2.86. The molecule has 1 heterocycles. The predicted octanol–water partition coefficient (Wildman–Crippen LogP) is 3.31. The first-order chi connectivity index (χ1) is 9.21. The van der Waals surface area contributed by atoms with Crippen molar-refractivity contribution in [3.05, 3.63) is 29.8 Å². The smallest absolute Gasteiger partial charge is 0.124 e. The van der Waals surface area contributed by atoms with Crippen LogP contribution in [-0.4, -0.2) is 25.9 Å². The Morgan fingerprint density at radius 2 is 2.21 bits per heavy atom. The number of ether oxygens (including phenoxy) is 2. The molecule has 3 nitrogen and oxygen atoms in total. The molecule has 2 atom stereocenters. The molecule has 0 amide bonds. The first kappa shape index (κ1) is 14.4. The van der Waals surface area contributed by atoms with Crippen LogP contribution in [0.1, 0.15) is 44.7 Å². The van der Waals surface area contributed by atoms with Crippen LogP contribution in [0.4, 0.5) is 0 Å². The molecule has 2 rings (SSSR count). The standard InChI is InChI=1S/C16H25NO2/c1-4-11-18-14-9-6-5-8-13(14)15(17-3)16(2)10-7-12-19-16/h5-6,8-9,15,17H,4,7,10-12H2,1-3H3. The SMILES string of the molecule is CCCOc1ccccc1C(NC)C1(C)CCCO1. The molecule has 3 heteroatoms. The molecule has 1 aromatic rings. The van der Waals surface area contributed by atoms with Gasteiger partial charge in [-0.2, -0.15) is 0 Å². The summed E-state index contributed by atoms with van der Waals surface area (Å²) in [5.74, 6) is 0.973. The van der Waals surface area contributed by atoms with Gasteiger partial charge in [-0.1, -0.05) is 25.1 Å². The fraction of sp³-hybridized carbons (Fsp3) is 0.625. The number of para-hydroxylation sites is 1. The van der Waals surface area contributed by atoms with Crippen LogP contribution in [-0.2, 0) is 4.74 Å². The summed E-state index contributed by atoms with van der Waals surface area (Å²) in [6.07, 6.45) is 3.24. The van der Waals surface area contributed by atoms with Gasteiger partial charge in [-0.3, -0.25) is 0 Å². The van der Waals surface area contributed by atoms with E-state index in [-0.39, 0.29) is 11.6 Å². The van der Waals surface area contributed by atoms with Crippen molar-refractivity contribution in [3.63, 3.8) is 0 Å². The summed E-state index contributed by atoms with van der Waals surface area (Å²) in [7, 11) is 1.99. The zero-order chi connectivity index (χ0) is 13.7. The van der Waals surface area contributed by atoms with Crippen molar-refractivity contribution >= 4 is 0 Å². The van der Waals surface area contributed by atoms with Crippen LogP contribution in [0.25, 0.3) is 0 Å². The van der Waals surface area contributed by atoms with Gasteiger partial charge in [0.05, 0.1) is 18.2 Å². The fourth-order valence-corrected chi connectivity index (χ4v) is 2.88. The predicted molar refractivity (Wildman–Crippen MR) is 77.6 cm³/mol. The zero-order valence-corrected chi connectivity index (χ0v) is 12.2. The molecular formula is C16H25NO2. The molecule has 106 valence electrons. The van der Waals surface area contributed by atoms with Gasteiger partial charge >= 0.3 is 0 Å². The van der Waals surface area contributed by atoms with Gasteiger partial charge < -0.3 is 14.8 Å². The van der Waals surface area contributed by atoms with E-state index in [9.17, 15) is 0 Å². The Morgan fingerprint density at radius 1 is 1.42 bits per heavy atom. The molecule has 0 radical (unpaired) electrons. The van der Waals surface area contributed by atoms with Crippen molar-refractivity contribution in [2.75, 3.05) is 20.3 Å². The van der Waals surface area contributed by atoms with Gasteiger partial charge in [0.1, 0.15) is 5.75 Å². The van der Waals surface area contributed by atoms with E-state index in [4.69, 9.17) is 9.47 Å². The lowest BCUT2D eigenvalue weighted by Gasteiger charge is -2.34. The van der Waals surface area contributed by atoms with Crippen molar-refractivity contribution in [1.82, 2.24) is 5.32 Å². The highest BCUT2D eigenvalue weighted by Gasteiger charge is 2.39. The van der Waals surface area contributed by atoms with E-state index >= 15 is 0 Å². The van der Waals surface area contributed by atoms with E-state index in [0.717, 1.165) is 38.2 Å². The van der Waals surface area contributed by atoms with Gasteiger partial charge in [-0.25, -0.2) is 0 Å². The second-order valence-corrected chi connectivity index (χ2v) is 5.37. The van der Waals surface area contributed by atoms with Crippen LogP contribution in [0.3, 0.4) is 0 Å². The summed E-state index contributed by atoms with van der Waals surface area (Å²) in [5, 5.41) is 3.41. The molecule has 19 heavy (non-hydrogen) atoms. The van der Waals surface area contributed by atoms with Gasteiger partial charge in [0.25, 0.3) is 0 Å². The van der Waals surface area contributed by atoms with Crippen LogP contribution in [0.5, 0.6) is 5.75 Å². The topological polar surface area (TPSA) is 30.5 Å². The minimum absolute atomic E-state index is 0.138. The molecule has 1 fully saturated rings. The van der Waals surface area contributed by atoms with Crippen LogP contribution < -0.4 is 10.1 Å². The van der Waals surface area contributed by atoms with Crippen molar-refractivity contribution in [3.8, 4) is 5.75 Å². The van der Waals surface area contributed by atoms with Gasteiger partial charge in [-0.15, -0.1) is 0 Å². The summed E-state index contributed by atoms with van der Waals surface area (Å²) >= 11 is 0. The van der Waals surface area contributed by atoms with E-state index in [1.54, 1.807) is 0 Å². The highest BCUT2D eigenvalue weighted by Crippen LogP contribution is 2.40.